The maximum atomic E-state index is 14.0. The van der Waals surface area contributed by atoms with E-state index in [1.54, 1.807) is 36.5 Å². The number of phenols is 1. The van der Waals surface area contributed by atoms with Crippen molar-refractivity contribution in [2.45, 2.75) is 44.0 Å². The summed E-state index contributed by atoms with van der Waals surface area (Å²) in [5, 5.41) is 20.6. The molecule has 50 heavy (non-hydrogen) atoms. The van der Waals surface area contributed by atoms with Gasteiger partial charge in [-0.25, -0.2) is 4.90 Å². The van der Waals surface area contributed by atoms with Crippen molar-refractivity contribution in [2.24, 2.45) is 17.8 Å². The Morgan fingerprint density at radius 1 is 1.00 bits per heavy atom. The number of nitrogens with zero attached hydrogens (tertiary/aromatic N) is 2. The summed E-state index contributed by atoms with van der Waals surface area (Å²) < 4.78 is 93.6. The van der Waals surface area contributed by atoms with Crippen LogP contribution in [0, 0.1) is 17.8 Å². The molecule has 0 spiro atoms. The van der Waals surface area contributed by atoms with Gasteiger partial charge in [0, 0.05) is 13.3 Å². The fourth-order valence-electron chi connectivity index (χ4n) is 7.28. The molecule has 2 N–H and O–H groups in total. The van der Waals surface area contributed by atoms with Gasteiger partial charge in [0.15, 0.2) is 0 Å². The number of hydrogen-bond donors (Lipinski definition) is 2. The molecular weight excluding hydrogens is 669 g/mol. The Morgan fingerprint density at radius 3 is 2.28 bits per heavy atom. The van der Waals surface area contributed by atoms with Crippen molar-refractivity contribution >= 4 is 36.3 Å². The normalized spacial score (nSPS) is 23.0. The molecule has 2 aromatic carbocycles. The van der Waals surface area contributed by atoms with Crippen molar-refractivity contribution in [3.8, 4) is 5.75 Å². The first-order valence-corrected chi connectivity index (χ1v) is 15.8. The number of hydrogen-bond acceptors (Lipinski definition) is 7. The number of amides is 2. The molecule has 2 amide bonds. The highest BCUT2D eigenvalue weighted by Crippen LogP contribution is 2.52. The topological polar surface area (TPSA) is 109 Å². The van der Waals surface area contributed by atoms with E-state index in [0.29, 0.717) is 40.3 Å². The van der Waals surface area contributed by atoms with Gasteiger partial charge in [-0.3, -0.25) is 14.6 Å². The van der Waals surface area contributed by atoms with Crippen LogP contribution in [0.2, 0.25) is 6.32 Å². The van der Waals surface area contributed by atoms with Gasteiger partial charge in [-0.2, -0.15) is 26.3 Å². The number of pyridine rings is 1. The van der Waals surface area contributed by atoms with E-state index in [2.05, 4.69) is 4.98 Å². The number of imide groups is 1. The standard InChI is InChI=1S/C35H31BF6N2O6/c1-49-18-21-13-26-31(33(47)44(32(26)46)24-15-22(34(37,38)39)14-23(16-24)35(40,41)42)27-17-36(48)50-29(30(21)27)10-7-20(28-4-2-3-11-43-28)12-19-5-8-25(45)9-6-19/h2-6,8-9,11-12,14-16,26-27,29,31,45,48H,7,10,13,17-18H2,1H3/b20-12-/t26-,27+,29-,31-/m1/s1. The van der Waals surface area contributed by atoms with Crippen LogP contribution < -0.4 is 4.90 Å². The maximum absolute atomic E-state index is 14.0. The van der Waals surface area contributed by atoms with Crippen molar-refractivity contribution in [1.82, 2.24) is 4.98 Å². The molecule has 3 heterocycles. The Bertz CT molecular complexity index is 1800. The number of aromatic nitrogens is 1. The van der Waals surface area contributed by atoms with Crippen LogP contribution in [0.1, 0.15) is 41.6 Å². The molecule has 1 aliphatic carbocycles. The monoisotopic (exact) mass is 700 g/mol. The summed E-state index contributed by atoms with van der Waals surface area (Å²) in [6, 6.07) is 12.6. The van der Waals surface area contributed by atoms with Gasteiger partial charge in [-0.15, -0.1) is 0 Å². The number of halogens is 6. The van der Waals surface area contributed by atoms with E-state index in [-0.39, 0.29) is 37.6 Å². The fraction of sp³-hybridized carbons (Fsp3) is 0.343. The predicted molar refractivity (Wildman–Crippen MR) is 170 cm³/mol. The maximum Gasteiger partial charge on any atom is 0.455 e. The zero-order valence-corrected chi connectivity index (χ0v) is 26.5. The van der Waals surface area contributed by atoms with Crippen molar-refractivity contribution in [1.29, 1.82) is 0 Å². The number of allylic oxidation sites excluding steroid dienone is 1. The van der Waals surface area contributed by atoms with Crippen molar-refractivity contribution in [3.05, 3.63) is 100 Å². The Kier molecular flexibility index (Phi) is 9.68. The third kappa shape index (κ3) is 7.07. The number of methoxy groups -OCH3 is 1. The Hall–Kier alpha value is -4.47. The van der Waals surface area contributed by atoms with E-state index in [1.807, 2.05) is 18.2 Å². The number of rotatable bonds is 8. The van der Waals surface area contributed by atoms with E-state index < -0.39 is 72.0 Å². The summed E-state index contributed by atoms with van der Waals surface area (Å²) in [5.74, 6) is -4.84. The highest BCUT2D eigenvalue weighted by atomic mass is 19.4. The second-order valence-corrected chi connectivity index (χ2v) is 12.5. The number of carbonyl (C=O) groups is 2. The molecule has 3 aromatic rings. The van der Waals surface area contributed by atoms with Gasteiger partial charge in [0.05, 0.1) is 47.1 Å². The number of anilines is 1. The molecular formula is C35H31BF6N2O6. The molecule has 1 aromatic heterocycles. The van der Waals surface area contributed by atoms with Gasteiger partial charge in [0.25, 0.3) is 0 Å². The van der Waals surface area contributed by atoms with Gasteiger partial charge in [-0.05, 0) is 102 Å². The smallest absolute Gasteiger partial charge is 0.455 e. The van der Waals surface area contributed by atoms with Gasteiger partial charge in [0.1, 0.15) is 5.75 Å². The highest BCUT2D eigenvalue weighted by Gasteiger charge is 2.58. The van der Waals surface area contributed by atoms with Crippen LogP contribution in [-0.2, 0) is 31.3 Å². The molecule has 8 nitrogen and oxygen atoms in total. The second kappa shape index (κ2) is 13.7. The van der Waals surface area contributed by atoms with Crippen LogP contribution in [0.4, 0.5) is 32.0 Å². The molecule has 2 fully saturated rings. The van der Waals surface area contributed by atoms with E-state index in [9.17, 15) is 46.1 Å². The highest BCUT2D eigenvalue weighted by molar-refractivity contribution is 6.43. The van der Waals surface area contributed by atoms with Gasteiger partial charge < -0.3 is 19.5 Å². The Morgan fingerprint density at radius 2 is 1.68 bits per heavy atom. The summed E-state index contributed by atoms with van der Waals surface area (Å²) in [4.78, 5) is 32.7. The third-order valence-electron chi connectivity index (χ3n) is 9.36. The zero-order chi connectivity index (χ0) is 36.0. The van der Waals surface area contributed by atoms with Crippen LogP contribution in [0.15, 0.2) is 78.0 Å². The average molecular weight is 700 g/mol. The molecule has 262 valence electrons. The van der Waals surface area contributed by atoms with E-state index >= 15 is 0 Å². The largest absolute Gasteiger partial charge is 0.508 e. The molecule has 2 saturated heterocycles. The number of phenolic OH excluding ortho intramolecular Hbond substituents is 1. The average Bonchev–Trinajstić information content (AvgIpc) is 3.32. The van der Waals surface area contributed by atoms with Gasteiger partial charge in [0.2, 0.25) is 11.8 Å². The molecule has 2 aliphatic heterocycles. The minimum atomic E-state index is -5.18. The number of fused-ring (bicyclic) bond motifs is 3. The Labute approximate surface area is 283 Å². The quantitative estimate of drug-likeness (QED) is 0.115. The lowest BCUT2D eigenvalue weighted by Gasteiger charge is -2.43. The first-order chi connectivity index (χ1) is 23.7. The number of benzene rings is 2. The number of aromatic hydroxyl groups is 1. The van der Waals surface area contributed by atoms with Crippen LogP contribution in [0.25, 0.3) is 11.6 Å². The molecule has 0 bridgehead atoms. The summed E-state index contributed by atoms with van der Waals surface area (Å²) in [6.07, 6.45) is -7.14. The van der Waals surface area contributed by atoms with Crippen LogP contribution in [-0.4, -0.2) is 53.9 Å². The van der Waals surface area contributed by atoms with Crippen LogP contribution in [0.5, 0.6) is 5.75 Å². The predicted octanol–water partition coefficient (Wildman–Crippen LogP) is 6.79. The molecule has 15 heteroatoms. The van der Waals surface area contributed by atoms with Crippen molar-refractivity contribution < 1.29 is 55.5 Å². The molecule has 0 saturated carbocycles. The number of carbonyl (C=O) groups excluding carboxylic acids is 2. The lowest BCUT2D eigenvalue weighted by molar-refractivity contribution is -0.143. The second-order valence-electron chi connectivity index (χ2n) is 12.5. The minimum absolute atomic E-state index is 0.0186. The van der Waals surface area contributed by atoms with E-state index in [1.165, 1.54) is 7.11 Å². The van der Waals surface area contributed by atoms with Crippen LogP contribution >= 0.6 is 0 Å². The van der Waals surface area contributed by atoms with E-state index in [4.69, 9.17) is 9.39 Å². The lowest BCUT2D eigenvalue weighted by atomic mass is 9.58. The number of alkyl halides is 6. The van der Waals surface area contributed by atoms with Crippen molar-refractivity contribution in [3.63, 3.8) is 0 Å². The SMILES string of the molecule is COCC1=C2[C@@H](CC/C(=C/c3ccc(O)cc3)c3ccccn3)OB(O)C[C@@H]2[C@@H]2C(=O)N(c3cc(C(F)(F)F)cc(C(F)(F)F)c3)C(=O)[C@@H]2C1. The first-order valence-electron chi connectivity index (χ1n) is 15.8. The molecule has 6 rings (SSSR count). The van der Waals surface area contributed by atoms with E-state index in [0.717, 1.165) is 11.1 Å². The molecule has 0 radical (unpaired) electrons. The lowest BCUT2D eigenvalue weighted by Crippen LogP contribution is -2.46. The summed E-state index contributed by atoms with van der Waals surface area (Å²) in [5.41, 5.74) is -0.659. The third-order valence-corrected chi connectivity index (χ3v) is 9.36. The molecule has 3 aliphatic rings. The minimum Gasteiger partial charge on any atom is -0.508 e. The van der Waals surface area contributed by atoms with Gasteiger partial charge >= 0.3 is 19.5 Å². The summed E-state index contributed by atoms with van der Waals surface area (Å²) in [6.45, 7) is 0.0186. The van der Waals surface area contributed by atoms with Gasteiger partial charge in [-0.1, -0.05) is 18.2 Å². The van der Waals surface area contributed by atoms with Crippen molar-refractivity contribution in [2.75, 3.05) is 18.6 Å². The Balaban J connectivity index is 1.35. The summed E-state index contributed by atoms with van der Waals surface area (Å²) in [7, 11) is 0.0507. The first kappa shape index (κ1) is 35.4. The molecule has 4 atom stereocenters. The molecule has 0 unspecified atom stereocenters. The fourth-order valence-corrected chi connectivity index (χ4v) is 7.28. The zero-order valence-electron chi connectivity index (χ0n) is 26.5. The summed E-state index contributed by atoms with van der Waals surface area (Å²) >= 11 is 0. The number of ether oxygens (including phenoxy) is 1. The van der Waals surface area contributed by atoms with Crippen LogP contribution in [0.3, 0.4) is 0 Å².